The smallest absolute Gasteiger partial charge is 0.355 e. The fraction of sp³-hybridized carbons (Fsp3) is 0.357. The number of benzene rings is 4. The summed E-state index contributed by atoms with van der Waals surface area (Å²) in [7, 11) is 1.81. The maximum absolute atomic E-state index is 13.7. The van der Waals surface area contributed by atoms with E-state index in [1.807, 2.05) is 110 Å². The summed E-state index contributed by atoms with van der Waals surface area (Å²) in [6.45, 7) is 5.59. The second kappa shape index (κ2) is 19.8. The van der Waals surface area contributed by atoms with Crippen LogP contribution in [0.3, 0.4) is 0 Å². The molecule has 3 fully saturated rings. The van der Waals surface area contributed by atoms with Gasteiger partial charge in [0.25, 0.3) is 5.91 Å². The van der Waals surface area contributed by atoms with E-state index in [0.29, 0.717) is 78.5 Å². The average molecular weight is 1000 g/mol. The summed E-state index contributed by atoms with van der Waals surface area (Å²) >= 11 is 1.43. The number of carbonyl (C=O) groups excluding carboxylic acids is 4. The lowest BCUT2D eigenvalue weighted by Gasteiger charge is -2.39. The SMILES string of the molecule is Cc1c(OCC[C@@H]2CCC3(CCN(CC(=O)Nc4ccc5c(C6CCC(=O)NC6=O)nn(C)c5c4)CC3)C2)cccc1-c1ccc(N2CCc3cccc(C(=O)Nc4nc5ccccc5s4)c3C2)nc1C(=O)O. The Hall–Kier alpha value is -7.50. The molecule has 1 aliphatic carbocycles. The second-order valence-corrected chi connectivity index (χ2v) is 21.2. The number of anilines is 3. The van der Waals surface area contributed by atoms with E-state index >= 15 is 0 Å². The normalized spacial score (nSPS) is 18.7. The van der Waals surface area contributed by atoms with Crippen LogP contribution >= 0.6 is 11.3 Å². The van der Waals surface area contributed by atoms with Crippen LogP contribution in [0.1, 0.15) is 101 Å². The molecule has 2 saturated heterocycles. The number of piperidine rings is 2. The molecule has 4 aromatic carbocycles. The highest BCUT2D eigenvalue weighted by Gasteiger charge is 2.41. The second-order valence-electron chi connectivity index (χ2n) is 20.2. The number of likely N-dealkylation sites (tertiary alicyclic amines) is 1. The Balaban J connectivity index is 0.672. The molecule has 73 heavy (non-hydrogen) atoms. The average Bonchev–Trinajstić information content (AvgIpc) is 4.09. The Kier molecular flexibility index (Phi) is 13.0. The number of aromatic nitrogens is 4. The number of carboxylic acids is 1. The molecular formula is C56H57N9O7S. The predicted molar refractivity (Wildman–Crippen MR) is 280 cm³/mol. The fourth-order valence-corrected chi connectivity index (χ4v) is 12.5. The van der Waals surface area contributed by atoms with Crippen LogP contribution in [0.25, 0.3) is 32.2 Å². The minimum absolute atomic E-state index is 0.0422. The maximum Gasteiger partial charge on any atom is 0.355 e. The Labute approximate surface area is 426 Å². The van der Waals surface area contributed by atoms with Crippen LogP contribution in [-0.4, -0.2) is 92.1 Å². The quantitative estimate of drug-likeness (QED) is 0.0801. The van der Waals surface area contributed by atoms with Crippen molar-refractivity contribution in [3.05, 3.63) is 125 Å². The number of ether oxygens (including phenoxy) is 1. The van der Waals surface area contributed by atoms with Crippen molar-refractivity contribution in [3.8, 4) is 16.9 Å². The number of imide groups is 1. The number of fused-ring (bicyclic) bond motifs is 3. The van der Waals surface area contributed by atoms with Crippen LogP contribution in [-0.2, 0) is 34.4 Å². The van der Waals surface area contributed by atoms with Gasteiger partial charge in [-0.25, -0.2) is 14.8 Å². The van der Waals surface area contributed by atoms with Crippen molar-refractivity contribution in [3.63, 3.8) is 0 Å². The van der Waals surface area contributed by atoms with Crippen LogP contribution in [0, 0.1) is 18.3 Å². The number of aromatic carboxylic acids is 1. The van der Waals surface area contributed by atoms with Gasteiger partial charge in [-0.3, -0.25) is 39.4 Å². The Bertz CT molecular complexity index is 3310. The van der Waals surface area contributed by atoms with Crippen LogP contribution in [0.15, 0.2) is 91.0 Å². The van der Waals surface area contributed by atoms with E-state index in [9.17, 15) is 29.1 Å². The first-order valence-electron chi connectivity index (χ1n) is 25.2. The van der Waals surface area contributed by atoms with Gasteiger partial charge in [0.05, 0.1) is 40.5 Å². The van der Waals surface area contributed by atoms with Crippen LogP contribution < -0.4 is 25.6 Å². The molecule has 1 spiro atoms. The highest BCUT2D eigenvalue weighted by atomic mass is 32.1. The van der Waals surface area contributed by atoms with Gasteiger partial charge in [-0.05, 0) is 160 Å². The predicted octanol–water partition coefficient (Wildman–Crippen LogP) is 8.88. The molecule has 16 nitrogen and oxygen atoms in total. The third-order valence-electron chi connectivity index (χ3n) is 15.6. The minimum atomic E-state index is -1.12. The summed E-state index contributed by atoms with van der Waals surface area (Å²) in [6.07, 6.45) is 7.86. The minimum Gasteiger partial charge on any atom is -0.493 e. The summed E-state index contributed by atoms with van der Waals surface area (Å²) in [5, 5.41) is 25.0. The monoisotopic (exact) mass is 999 g/mol. The molecule has 374 valence electrons. The molecule has 4 aliphatic rings. The lowest BCUT2D eigenvalue weighted by Crippen LogP contribution is -2.42. The first-order chi connectivity index (χ1) is 35.4. The van der Waals surface area contributed by atoms with Gasteiger partial charge in [-0.2, -0.15) is 5.10 Å². The van der Waals surface area contributed by atoms with Crippen molar-refractivity contribution in [2.75, 3.05) is 48.3 Å². The summed E-state index contributed by atoms with van der Waals surface area (Å²) in [5.74, 6) is -0.711. The van der Waals surface area contributed by atoms with Crippen molar-refractivity contribution < 1.29 is 33.8 Å². The van der Waals surface area contributed by atoms with E-state index in [-0.39, 0.29) is 41.2 Å². The van der Waals surface area contributed by atoms with Crippen LogP contribution in [0.4, 0.5) is 16.6 Å². The van der Waals surface area contributed by atoms with E-state index in [1.54, 1.807) is 4.68 Å². The molecule has 0 radical (unpaired) electrons. The molecule has 4 N–H and O–H groups in total. The zero-order valence-electron chi connectivity index (χ0n) is 40.9. The van der Waals surface area contributed by atoms with E-state index < -0.39 is 11.9 Å². The first-order valence-corrected chi connectivity index (χ1v) is 26.0. The summed E-state index contributed by atoms with van der Waals surface area (Å²) < 4.78 is 9.16. The lowest BCUT2D eigenvalue weighted by molar-refractivity contribution is -0.134. The number of carboxylic acid groups (broad SMARTS) is 1. The van der Waals surface area contributed by atoms with Gasteiger partial charge >= 0.3 is 5.97 Å². The zero-order valence-corrected chi connectivity index (χ0v) is 41.7. The van der Waals surface area contributed by atoms with Crippen molar-refractivity contribution in [1.82, 2.24) is 30.0 Å². The summed E-state index contributed by atoms with van der Waals surface area (Å²) in [4.78, 5) is 77.7. The van der Waals surface area contributed by atoms with Crippen LogP contribution in [0.2, 0.25) is 0 Å². The topological polar surface area (TPSA) is 201 Å². The van der Waals surface area contributed by atoms with Gasteiger partial charge in [-0.1, -0.05) is 47.7 Å². The van der Waals surface area contributed by atoms with Crippen molar-refractivity contribution in [1.29, 1.82) is 0 Å². The van der Waals surface area contributed by atoms with Gasteiger partial charge in [0.15, 0.2) is 10.8 Å². The summed E-state index contributed by atoms with van der Waals surface area (Å²) in [5.41, 5.74) is 7.82. The number of rotatable bonds is 13. The third-order valence-corrected chi connectivity index (χ3v) is 16.6. The van der Waals surface area contributed by atoms with Gasteiger partial charge in [-0.15, -0.1) is 0 Å². The Morgan fingerprint density at radius 3 is 2.55 bits per heavy atom. The number of hydrogen-bond donors (Lipinski definition) is 4. The number of aryl methyl sites for hydroxylation is 1. The molecule has 0 bridgehead atoms. The largest absolute Gasteiger partial charge is 0.493 e. The standard InChI is InChI=1S/C56H57N9O7S/c1-33-37(38-15-17-47(59-51(38)54(70)71)65-25-20-35-7-5-9-39(42(35)31-65)52(68)61-55-58-43-10-3-4-12-46(43)73-55)8-6-11-45(33)72-28-21-34-19-22-56(30-34)23-26-64(27-24-56)32-49(67)57-36-13-14-40-44(29-36)63(2)62-50(40)41-16-18-48(66)60-53(41)69/h3-15,17,29,34,41H,16,18-28,30-32H2,1-2H3,(H,57,67)(H,70,71)(H,58,61,68)(H,60,66,69)/t34-,41?/m0/s1. The molecule has 6 heterocycles. The molecular weight excluding hydrogens is 943 g/mol. The number of carbonyl (C=O) groups is 5. The van der Waals surface area contributed by atoms with Gasteiger partial charge in [0, 0.05) is 48.8 Å². The number of hydrogen-bond acceptors (Lipinski definition) is 12. The number of nitrogens with one attached hydrogen (secondary N) is 3. The third kappa shape index (κ3) is 9.78. The number of nitrogens with zero attached hydrogens (tertiary/aromatic N) is 6. The summed E-state index contributed by atoms with van der Waals surface area (Å²) in [6, 6.07) is 28.6. The van der Waals surface area contributed by atoms with E-state index in [4.69, 9.17) is 9.72 Å². The molecule has 11 rings (SSSR count). The van der Waals surface area contributed by atoms with Crippen molar-refractivity contribution in [2.45, 2.75) is 77.2 Å². The number of thiazole rings is 1. The van der Waals surface area contributed by atoms with Crippen molar-refractivity contribution in [2.24, 2.45) is 18.4 Å². The van der Waals surface area contributed by atoms with E-state index in [2.05, 4.69) is 30.9 Å². The zero-order chi connectivity index (χ0) is 50.4. The maximum atomic E-state index is 13.7. The molecule has 17 heteroatoms. The molecule has 4 amide bonds. The van der Waals surface area contributed by atoms with Gasteiger partial charge in [0.2, 0.25) is 17.7 Å². The van der Waals surface area contributed by atoms with E-state index in [0.717, 1.165) is 94.3 Å². The highest BCUT2D eigenvalue weighted by Crippen LogP contribution is 2.50. The molecule has 1 saturated carbocycles. The first kappa shape index (κ1) is 47.8. The fourth-order valence-electron chi connectivity index (χ4n) is 11.7. The Morgan fingerprint density at radius 1 is 0.890 bits per heavy atom. The lowest BCUT2D eigenvalue weighted by atomic mass is 9.76. The highest BCUT2D eigenvalue weighted by molar-refractivity contribution is 7.22. The molecule has 2 atom stereocenters. The Morgan fingerprint density at radius 2 is 1.73 bits per heavy atom. The molecule has 1 unspecified atom stereocenters. The van der Waals surface area contributed by atoms with Gasteiger partial charge < -0.3 is 20.1 Å². The molecule has 3 aliphatic heterocycles. The van der Waals surface area contributed by atoms with Crippen LogP contribution in [0.5, 0.6) is 5.75 Å². The molecule has 7 aromatic rings. The molecule has 3 aromatic heterocycles. The van der Waals surface area contributed by atoms with E-state index in [1.165, 1.54) is 17.8 Å². The van der Waals surface area contributed by atoms with Gasteiger partial charge in [0.1, 0.15) is 11.6 Å². The number of pyridine rings is 1. The number of amides is 4. The van der Waals surface area contributed by atoms with Crippen molar-refractivity contribution >= 4 is 78.7 Å². The number of para-hydroxylation sites is 1.